The monoisotopic (exact) mass is 390 g/mol. The fraction of sp³-hybridized carbons (Fsp3) is 0.611. The minimum atomic E-state index is -0.570. The van der Waals surface area contributed by atoms with E-state index < -0.39 is 6.10 Å². The number of aliphatic hydroxyl groups is 1. The van der Waals surface area contributed by atoms with Gasteiger partial charge in [0.2, 0.25) is 0 Å². The molecule has 5 nitrogen and oxygen atoms in total. The summed E-state index contributed by atoms with van der Waals surface area (Å²) in [7, 11) is 0. The Kier molecular flexibility index (Phi) is 9.57. The van der Waals surface area contributed by atoms with Gasteiger partial charge in [-0.3, -0.25) is 4.79 Å². The number of piperidine rings is 1. The van der Waals surface area contributed by atoms with Gasteiger partial charge in [-0.1, -0.05) is 11.6 Å². The minimum Gasteiger partial charge on any atom is -1.00 e. The van der Waals surface area contributed by atoms with Crippen molar-refractivity contribution in [2.75, 3.05) is 32.8 Å². The Bertz CT molecular complexity index is 548. The molecule has 0 aromatic heterocycles. The van der Waals surface area contributed by atoms with E-state index in [9.17, 15) is 9.90 Å². The van der Waals surface area contributed by atoms with Crippen LogP contribution in [0.3, 0.4) is 0 Å². The van der Waals surface area contributed by atoms with Crippen LogP contribution >= 0.6 is 11.6 Å². The summed E-state index contributed by atoms with van der Waals surface area (Å²) in [5.41, 5.74) is 0.949. The number of likely N-dealkylation sites (tertiary alicyclic amines) is 1. The van der Waals surface area contributed by atoms with E-state index in [1.807, 2.05) is 26.0 Å². The first-order valence-corrected chi connectivity index (χ1v) is 8.83. The van der Waals surface area contributed by atoms with Crippen molar-refractivity contribution in [3.63, 3.8) is 0 Å². The summed E-state index contributed by atoms with van der Waals surface area (Å²) in [5, 5.41) is 10.9. The molecule has 142 valence electrons. The Morgan fingerprint density at radius 1 is 1.40 bits per heavy atom. The van der Waals surface area contributed by atoms with Gasteiger partial charge in [0, 0.05) is 11.6 Å². The molecular formula is C18H26Cl2NO4-. The molecule has 1 heterocycles. The lowest BCUT2D eigenvalue weighted by Gasteiger charge is -2.32. The Hall–Kier alpha value is -1.01. The molecule has 1 aromatic rings. The Labute approximate surface area is 160 Å². The number of carbonyl (C=O) groups is 1. The summed E-state index contributed by atoms with van der Waals surface area (Å²) >= 11 is 5.92. The van der Waals surface area contributed by atoms with E-state index in [4.69, 9.17) is 21.1 Å². The molecule has 25 heavy (non-hydrogen) atoms. The van der Waals surface area contributed by atoms with E-state index in [0.717, 1.165) is 37.2 Å². The lowest BCUT2D eigenvalue weighted by molar-refractivity contribution is -0.149. The molecule has 0 aliphatic carbocycles. The number of halogens is 2. The number of aryl methyl sites for hydroxylation is 1. The molecule has 0 amide bonds. The zero-order valence-electron chi connectivity index (χ0n) is 14.7. The molecule has 7 heteroatoms. The van der Waals surface area contributed by atoms with E-state index in [0.29, 0.717) is 18.2 Å². The topological polar surface area (TPSA) is 59.0 Å². The first kappa shape index (κ1) is 22.0. The van der Waals surface area contributed by atoms with E-state index in [-0.39, 0.29) is 30.9 Å². The summed E-state index contributed by atoms with van der Waals surface area (Å²) in [5.74, 6) is 0.630. The zero-order chi connectivity index (χ0) is 17.5. The van der Waals surface area contributed by atoms with Crippen molar-refractivity contribution in [1.29, 1.82) is 0 Å². The van der Waals surface area contributed by atoms with E-state index in [1.54, 1.807) is 6.07 Å². The van der Waals surface area contributed by atoms with Crippen molar-refractivity contribution < 1.29 is 31.8 Å². The smallest absolute Gasteiger partial charge is 0.309 e. The van der Waals surface area contributed by atoms with Crippen LogP contribution in [0.1, 0.15) is 25.3 Å². The second-order valence-corrected chi connectivity index (χ2v) is 6.64. The van der Waals surface area contributed by atoms with Crippen LogP contribution < -0.4 is 17.1 Å². The second-order valence-electron chi connectivity index (χ2n) is 6.20. The highest BCUT2D eigenvalue weighted by atomic mass is 35.5. The average Bonchev–Trinajstić information content (AvgIpc) is 2.55. The number of aliphatic hydroxyl groups excluding tert-OH is 1. The maximum Gasteiger partial charge on any atom is 0.309 e. The number of nitrogens with zero attached hydrogens (tertiary/aromatic N) is 1. The Balaban J connectivity index is 0.00000312. The summed E-state index contributed by atoms with van der Waals surface area (Å²) < 4.78 is 10.7. The first-order valence-electron chi connectivity index (χ1n) is 8.45. The molecular weight excluding hydrogens is 365 g/mol. The highest BCUT2D eigenvalue weighted by Gasteiger charge is 2.26. The predicted octanol–water partition coefficient (Wildman–Crippen LogP) is -0.333. The molecule has 0 radical (unpaired) electrons. The van der Waals surface area contributed by atoms with Crippen LogP contribution in [0.25, 0.3) is 0 Å². The number of hydrogen-bond acceptors (Lipinski definition) is 5. The van der Waals surface area contributed by atoms with Gasteiger partial charge in [0.15, 0.2) is 0 Å². The maximum atomic E-state index is 11.7. The van der Waals surface area contributed by atoms with Gasteiger partial charge in [0.25, 0.3) is 0 Å². The standard InChI is InChI=1S/C18H26ClNO4.ClH/c1-3-23-18(22)14-6-8-20(9-7-14)11-16(21)12-24-17-5-4-15(19)10-13(17)2;/h4-5,10,14,16,21H,3,6-9,11-12H2,1-2H3;1H/p-1. The highest BCUT2D eigenvalue weighted by molar-refractivity contribution is 6.30. The van der Waals surface area contributed by atoms with Crippen LogP contribution in [0.15, 0.2) is 18.2 Å². The molecule has 0 spiro atoms. The SMILES string of the molecule is CCOC(=O)C1CCN(CC(O)COc2ccc(Cl)cc2C)CC1.[Cl-]. The van der Waals surface area contributed by atoms with Gasteiger partial charge in [-0.2, -0.15) is 0 Å². The van der Waals surface area contributed by atoms with Crippen LogP contribution in [-0.2, 0) is 9.53 Å². The average molecular weight is 391 g/mol. The van der Waals surface area contributed by atoms with Crippen LogP contribution in [0, 0.1) is 12.8 Å². The van der Waals surface area contributed by atoms with Crippen LogP contribution in [0.4, 0.5) is 0 Å². The van der Waals surface area contributed by atoms with E-state index in [2.05, 4.69) is 4.90 Å². The molecule has 1 N–H and O–H groups in total. The summed E-state index contributed by atoms with van der Waals surface area (Å²) in [6, 6.07) is 5.43. The van der Waals surface area contributed by atoms with Crippen molar-refractivity contribution in [3.05, 3.63) is 28.8 Å². The Morgan fingerprint density at radius 3 is 2.68 bits per heavy atom. The van der Waals surface area contributed by atoms with Crippen LogP contribution in [-0.4, -0.2) is 54.9 Å². The lowest BCUT2D eigenvalue weighted by Crippen LogP contribution is -3.00. The number of benzene rings is 1. The molecule has 1 aliphatic heterocycles. The predicted molar refractivity (Wildman–Crippen MR) is 93.5 cm³/mol. The van der Waals surface area contributed by atoms with Crippen molar-refractivity contribution in [3.8, 4) is 5.75 Å². The van der Waals surface area contributed by atoms with Crippen molar-refractivity contribution in [1.82, 2.24) is 4.90 Å². The maximum absolute atomic E-state index is 11.7. The van der Waals surface area contributed by atoms with Crippen LogP contribution in [0.5, 0.6) is 5.75 Å². The number of rotatable bonds is 7. The van der Waals surface area contributed by atoms with Gasteiger partial charge in [-0.05, 0) is 63.5 Å². The van der Waals surface area contributed by atoms with Gasteiger partial charge in [-0.15, -0.1) is 0 Å². The minimum absolute atomic E-state index is 0. The summed E-state index contributed by atoms with van der Waals surface area (Å²) in [4.78, 5) is 13.9. The molecule has 1 fully saturated rings. The third-order valence-corrected chi connectivity index (χ3v) is 4.48. The first-order chi connectivity index (χ1) is 11.5. The lowest BCUT2D eigenvalue weighted by atomic mass is 9.97. The number of esters is 1. The molecule has 0 bridgehead atoms. The Morgan fingerprint density at radius 2 is 2.08 bits per heavy atom. The van der Waals surface area contributed by atoms with Gasteiger partial charge in [0.05, 0.1) is 12.5 Å². The third-order valence-electron chi connectivity index (χ3n) is 4.24. The van der Waals surface area contributed by atoms with Gasteiger partial charge in [0.1, 0.15) is 18.5 Å². The zero-order valence-corrected chi connectivity index (χ0v) is 16.2. The number of β-amino-alcohol motifs (C(OH)–C–C–N with tert-alkyl or cyclic N) is 1. The molecule has 2 rings (SSSR count). The fourth-order valence-corrected chi connectivity index (χ4v) is 3.15. The van der Waals surface area contributed by atoms with Crippen LogP contribution in [0.2, 0.25) is 5.02 Å². The van der Waals surface area contributed by atoms with Gasteiger partial charge < -0.3 is 31.9 Å². The van der Waals surface area contributed by atoms with Crippen molar-refractivity contribution in [2.24, 2.45) is 5.92 Å². The highest BCUT2D eigenvalue weighted by Crippen LogP contribution is 2.22. The fourth-order valence-electron chi connectivity index (χ4n) is 2.92. The molecule has 1 unspecified atom stereocenters. The van der Waals surface area contributed by atoms with Crippen molar-refractivity contribution in [2.45, 2.75) is 32.8 Å². The summed E-state index contributed by atoms with van der Waals surface area (Å²) in [6.07, 6.45) is 0.991. The second kappa shape index (κ2) is 10.9. The van der Waals surface area contributed by atoms with Gasteiger partial charge >= 0.3 is 5.97 Å². The number of ether oxygens (including phenoxy) is 2. The summed E-state index contributed by atoms with van der Waals surface area (Å²) in [6.45, 7) is 6.54. The largest absolute Gasteiger partial charge is 1.00 e. The van der Waals surface area contributed by atoms with Gasteiger partial charge in [-0.25, -0.2) is 0 Å². The normalized spacial score (nSPS) is 16.8. The van der Waals surface area contributed by atoms with E-state index >= 15 is 0 Å². The molecule has 1 aromatic carbocycles. The quantitative estimate of drug-likeness (QED) is 0.645. The molecule has 1 aliphatic rings. The molecule has 0 saturated carbocycles. The number of carbonyl (C=O) groups excluding carboxylic acids is 1. The third kappa shape index (κ3) is 7.02. The number of hydrogen-bond donors (Lipinski definition) is 1. The van der Waals surface area contributed by atoms with Crippen molar-refractivity contribution >= 4 is 17.6 Å². The van der Waals surface area contributed by atoms with E-state index in [1.165, 1.54) is 0 Å². The molecule has 1 saturated heterocycles. The molecule has 1 atom stereocenters.